The van der Waals surface area contributed by atoms with Gasteiger partial charge in [0.05, 0.1) is 11.6 Å². The quantitative estimate of drug-likeness (QED) is 0.460. The summed E-state index contributed by atoms with van der Waals surface area (Å²) in [6.07, 6.45) is 2.32. The Kier molecular flexibility index (Phi) is 5.11. The van der Waals surface area contributed by atoms with Crippen molar-refractivity contribution in [2.24, 2.45) is 0 Å². The van der Waals surface area contributed by atoms with Crippen molar-refractivity contribution in [1.29, 1.82) is 0 Å². The zero-order chi connectivity index (χ0) is 22.5. The van der Waals surface area contributed by atoms with Gasteiger partial charge in [-0.15, -0.1) is 11.3 Å². The monoisotopic (exact) mass is 474 g/mol. The van der Waals surface area contributed by atoms with Crippen molar-refractivity contribution in [2.45, 2.75) is 30.8 Å². The van der Waals surface area contributed by atoms with Gasteiger partial charge < -0.3 is 9.73 Å². The number of hydrogen-bond donors (Lipinski definition) is 2. The Bertz CT molecular complexity index is 1480. The highest BCUT2D eigenvalue weighted by molar-refractivity contribution is 7.93. The molecule has 1 unspecified atom stereocenters. The first-order chi connectivity index (χ1) is 15.3. The molecule has 2 N–H and O–H groups in total. The van der Waals surface area contributed by atoms with Gasteiger partial charge in [0.25, 0.3) is 10.0 Å². The molecule has 3 heterocycles. The number of halogens is 1. The summed E-state index contributed by atoms with van der Waals surface area (Å²) in [7, 11) is -4.25. The second-order valence-electron chi connectivity index (χ2n) is 7.52. The van der Waals surface area contributed by atoms with Crippen LogP contribution in [0.1, 0.15) is 29.7 Å². The van der Waals surface area contributed by atoms with Gasteiger partial charge in [-0.1, -0.05) is 18.2 Å². The molecular weight excluding hydrogens is 455 g/mol. The van der Waals surface area contributed by atoms with Crippen molar-refractivity contribution in [1.82, 2.24) is 14.9 Å². The second kappa shape index (κ2) is 7.84. The van der Waals surface area contributed by atoms with Crippen molar-refractivity contribution in [3.8, 4) is 0 Å². The van der Waals surface area contributed by atoms with E-state index in [4.69, 9.17) is 4.42 Å². The predicted octanol–water partition coefficient (Wildman–Crippen LogP) is 3.25. The fourth-order valence-electron chi connectivity index (χ4n) is 4.12. The zero-order valence-corrected chi connectivity index (χ0v) is 18.6. The van der Waals surface area contributed by atoms with Crippen LogP contribution in [-0.2, 0) is 23.0 Å². The van der Waals surface area contributed by atoms with Gasteiger partial charge >= 0.3 is 5.76 Å². The van der Waals surface area contributed by atoms with E-state index in [1.54, 1.807) is 5.38 Å². The van der Waals surface area contributed by atoms with Crippen LogP contribution in [0.25, 0.3) is 11.1 Å². The van der Waals surface area contributed by atoms with Crippen LogP contribution in [0.3, 0.4) is 0 Å². The highest BCUT2D eigenvalue weighted by Gasteiger charge is 2.26. The summed E-state index contributed by atoms with van der Waals surface area (Å²) in [5, 5.41) is 5.04. The summed E-state index contributed by atoms with van der Waals surface area (Å²) in [5.74, 6) is -1.67. The lowest BCUT2D eigenvalue weighted by Gasteiger charge is -2.24. The number of thiazole rings is 1. The predicted molar refractivity (Wildman–Crippen MR) is 119 cm³/mol. The molecular formula is C21H19FN4O4S2. The molecule has 1 aliphatic rings. The van der Waals surface area contributed by atoms with E-state index < -0.39 is 32.5 Å². The van der Waals surface area contributed by atoms with Crippen LogP contribution in [0.2, 0.25) is 0 Å². The maximum absolute atomic E-state index is 15.0. The lowest BCUT2D eigenvalue weighted by molar-refractivity contribution is 0.486. The normalized spacial score (nSPS) is 14.9. The van der Waals surface area contributed by atoms with Gasteiger partial charge in [-0.3, -0.25) is 9.29 Å². The number of sulfonamides is 1. The number of benzene rings is 2. The minimum Gasteiger partial charge on any atom is -0.408 e. The molecule has 0 amide bonds. The van der Waals surface area contributed by atoms with Gasteiger partial charge in [0.2, 0.25) is 0 Å². The van der Waals surface area contributed by atoms with E-state index >= 15 is 0 Å². The minimum atomic E-state index is -4.25. The Morgan fingerprint density at radius 3 is 2.97 bits per heavy atom. The van der Waals surface area contributed by atoms with Crippen LogP contribution in [0.5, 0.6) is 0 Å². The Morgan fingerprint density at radius 1 is 1.34 bits per heavy atom. The van der Waals surface area contributed by atoms with Crippen LogP contribution in [0, 0.1) is 5.82 Å². The second-order valence-corrected chi connectivity index (χ2v) is 10.1. The maximum atomic E-state index is 15.0. The number of nitrogens with zero attached hydrogens (tertiary/aromatic N) is 2. The molecule has 0 spiro atoms. The van der Waals surface area contributed by atoms with Gasteiger partial charge in [-0.25, -0.2) is 22.6 Å². The first-order valence-electron chi connectivity index (χ1n) is 9.93. The van der Waals surface area contributed by atoms with Crippen LogP contribution in [0.4, 0.5) is 9.52 Å². The van der Waals surface area contributed by atoms with Gasteiger partial charge in [0.1, 0.15) is 10.7 Å². The molecule has 0 radical (unpaired) electrons. The largest absolute Gasteiger partial charge is 0.420 e. The number of oxazole rings is 1. The SMILES string of the molecule is CC(c1cccc2c1CNCC2)n1c(=O)oc2cc(S(=O)(=O)Nc3nccs3)c(F)cc21. The van der Waals surface area contributed by atoms with Crippen LogP contribution < -0.4 is 15.8 Å². The number of nitrogens with one attached hydrogen (secondary N) is 2. The summed E-state index contributed by atoms with van der Waals surface area (Å²) >= 11 is 1.07. The molecule has 32 heavy (non-hydrogen) atoms. The van der Waals surface area contributed by atoms with E-state index in [1.807, 2.05) is 19.1 Å². The third kappa shape index (κ3) is 3.51. The topological polar surface area (TPSA) is 106 Å². The molecule has 2 aromatic heterocycles. The number of rotatable bonds is 5. The molecule has 0 fully saturated rings. The summed E-state index contributed by atoms with van der Waals surface area (Å²) in [6, 6.07) is 7.57. The molecule has 5 rings (SSSR count). The molecule has 0 aliphatic carbocycles. The highest BCUT2D eigenvalue weighted by Crippen LogP contribution is 2.30. The smallest absolute Gasteiger partial charge is 0.408 e. The third-order valence-corrected chi connectivity index (χ3v) is 7.80. The summed E-state index contributed by atoms with van der Waals surface area (Å²) < 4.78 is 49.2. The molecule has 1 aliphatic heterocycles. The standard InChI is InChI=1S/C21H19FN4O4S2/c1-12(14-4-2-3-13-5-6-23-11-15(13)14)26-17-9-16(22)19(10-18(17)30-21(26)27)32(28,29)25-20-24-7-8-31-20/h2-4,7-10,12,23H,5-6,11H2,1H3,(H,24,25). The number of hydrogen-bond acceptors (Lipinski definition) is 7. The molecule has 1 atom stereocenters. The first-order valence-corrected chi connectivity index (χ1v) is 12.3. The molecule has 11 heteroatoms. The first kappa shape index (κ1) is 20.9. The van der Waals surface area contributed by atoms with Gasteiger partial charge in [0, 0.05) is 30.3 Å². The lowest BCUT2D eigenvalue weighted by atomic mass is 9.92. The van der Waals surface area contributed by atoms with Crippen LogP contribution in [0.15, 0.2) is 56.0 Å². The Balaban J connectivity index is 1.60. The van der Waals surface area contributed by atoms with E-state index in [-0.39, 0.29) is 16.2 Å². The minimum absolute atomic E-state index is 0.00862. The molecule has 166 valence electrons. The van der Waals surface area contributed by atoms with Crippen molar-refractivity contribution in [2.75, 3.05) is 11.3 Å². The van der Waals surface area contributed by atoms with Crippen molar-refractivity contribution in [3.63, 3.8) is 0 Å². The third-order valence-electron chi connectivity index (χ3n) is 5.63. The van der Waals surface area contributed by atoms with Crippen LogP contribution in [-0.4, -0.2) is 24.5 Å². The maximum Gasteiger partial charge on any atom is 0.420 e. The number of anilines is 1. The molecule has 4 aromatic rings. The molecule has 0 bridgehead atoms. The summed E-state index contributed by atoms with van der Waals surface area (Å²) in [6.45, 7) is 3.41. The fourth-order valence-corrected chi connectivity index (χ4v) is 5.99. The Labute approximate surface area is 186 Å². The average molecular weight is 475 g/mol. The average Bonchev–Trinajstić information content (AvgIpc) is 3.38. The van der Waals surface area contributed by atoms with E-state index in [0.717, 1.165) is 47.6 Å². The van der Waals surface area contributed by atoms with E-state index in [0.29, 0.717) is 6.54 Å². The van der Waals surface area contributed by atoms with Crippen molar-refractivity contribution < 1.29 is 17.2 Å². The van der Waals surface area contributed by atoms with E-state index in [2.05, 4.69) is 21.1 Å². The van der Waals surface area contributed by atoms with Crippen molar-refractivity contribution in [3.05, 3.63) is 75.0 Å². The molecule has 8 nitrogen and oxygen atoms in total. The molecule has 0 saturated carbocycles. The highest BCUT2D eigenvalue weighted by atomic mass is 32.2. The zero-order valence-electron chi connectivity index (χ0n) is 17.0. The number of aromatic nitrogens is 2. The Hall–Kier alpha value is -3.02. The van der Waals surface area contributed by atoms with Gasteiger partial charge in [-0.05, 0) is 36.6 Å². The molecule has 0 saturated heterocycles. The van der Waals surface area contributed by atoms with Crippen LogP contribution >= 0.6 is 11.3 Å². The van der Waals surface area contributed by atoms with E-state index in [1.165, 1.54) is 16.3 Å². The van der Waals surface area contributed by atoms with Gasteiger partial charge in [-0.2, -0.15) is 0 Å². The molecule has 2 aromatic carbocycles. The fraction of sp³-hybridized carbons (Fsp3) is 0.238. The van der Waals surface area contributed by atoms with Crippen molar-refractivity contribution >= 4 is 37.6 Å². The van der Waals surface area contributed by atoms with E-state index in [9.17, 15) is 17.6 Å². The summed E-state index contributed by atoms with van der Waals surface area (Å²) in [5.41, 5.74) is 3.43. The lowest BCUT2D eigenvalue weighted by Crippen LogP contribution is -2.27. The summed E-state index contributed by atoms with van der Waals surface area (Å²) in [4.78, 5) is 16.0. The Morgan fingerprint density at radius 2 is 2.19 bits per heavy atom. The van der Waals surface area contributed by atoms with Gasteiger partial charge in [0.15, 0.2) is 10.7 Å². The number of fused-ring (bicyclic) bond motifs is 2.